The SMILES string of the molecule is c1ccc(Nc2cccc(-c3cccc4c3ccc3ccccc34)c2)cc1. The molecule has 5 aromatic carbocycles. The van der Waals surface area contributed by atoms with E-state index >= 15 is 0 Å². The summed E-state index contributed by atoms with van der Waals surface area (Å²) in [6.45, 7) is 0. The van der Waals surface area contributed by atoms with Gasteiger partial charge in [-0.25, -0.2) is 0 Å². The first kappa shape index (κ1) is 15.7. The highest BCUT2D eigenvalue weighted by molar-refractivity contribution is 6.12. The molecule has 0 saturated heterocycles. The molecule has 0 atom stereocenters. The zero-order chi connectivity index (χ0) is 18.1. The topological polar surface area (TPSA) is 12.0 Å². The molecule has 0 aliphatic carbocycles. The van der Waals surface area contributed by atoms with Gasteiger partial charge in [0.25, 0.3) is 0 Å². The molecule has 0 aliphatic heterocycles. The Morgan fingerprint density at radius 1 is 0.444 bits per heavy atom. The quantitative estimate of drug-likeness (QED) is 0.336. The fourth-order valence-corrected chi connectivity index (χ4v) is 3.74. The van der Waals surface area contributed by atoms with Crippen LogP contribution in [-0.4, -0.2) is 0 Å². The molecule has 0 fully saturated rings. The summed E-state index contributed by atoms with van der Waals surface area (Å²) in [7, 11) is 0. The van der Waals surface area contributed by atoms with Gasteiger partial charge in [-0.15, -0.1) is 0 Å². The summed E-state index contributed by atoms with van der Waals surface area (Å²) in [6, 6.07) is 38.5. The Balaban J connectivity index is 1.63. The predicted molar refractivity (Wildman–Crippen MR) is 117 cm³/mol. The highest BCUT2D eigenvalue weighted by Crippen LogP contribution is 2.34. The molecule has 1 N–H and O–H groups in total. The molecule has 0 aliphatic rings. The maximum atomic E-state index is 3.49. The molecule has 0 radical (unpaired) electrons. The lowest BCUT2D eigenvalue weighted by Gasteiger charge is -2.12. The summed E-state index contributed by atoms with van der Waals surface area (Å²) in [4.78, 5) is 0. The molecule has 0 heterocycles. The van der Waals surface area contributed by atoms with E-state index in [1.807, 2.05) is 18.2 Å². The number of hydrogen-bond acceptors (Lipinski definition) is 1. The summed E-state index contributed by atoms with van der Waals surface area (Å²) < 4.78 is 0. The van der Waals surface area contributed by atoms with Crippen molar-refractivity contribution in [1.82, 2.24) is 0 Å². The van der Waals surface area contributed by atoms with Crippen LogP contribution in [0.2, 0.25) is 0 Å². The molecular formula is C26H19N. The lowest BCUT2D eigenvalue weighted by atomic mass is 9.94. The van der Waals surface area contributed by atoms with Crippen molar-refractivity contribution < 1.29 is 0 Å². The molecule has 0 aromatic heterocycles. The summed E-state index contributed by atoms with van der Waals surface area (Å²) >= 11 is 0. The minimum Gasteiger partial charge on any atom is -0.356 e. The first-order valence-electron chi connectivity index (χ1n) is 9.21. The monoisotopic (exact) mass is 345 g/mol. The third kappa shape index (κ3) is 2.94. The zero-order valence-electron chi connectivity index (χ0n) is 14.9. The van der Waals surface area contributed by atoms with Gasteiger partial charge in [0.2, 0.25) is 0 Å². The van der Waals surface area contributed by atoms with E-state index in [-0.39, 0.29) is 0 Å². The Hall–Kier alpha value is -3.58. The van der Waals surface area contributed by atoms with Crippen LogP contribution >= 0.6 is 0 Å². The molecular weight excluding hydrogens is 326 g/mol. The van der Waals surface area contributed by atoms with Gasteiger partial charge >= 0.3 is 0 Å². The van der Waals surface area contributed by atoms with E-state index in [0.29, 0.717) is 0 Å². The molecule has 5 rings (SSSR count). The highest BCUT2D eigenvalue weighted by atomic mass is 14.9. The molecule has 1 heteroatoms. The number of fused-ring (bicyclic) bond motifs is 3. The molecule has 1 nitrogen and oxygen atoms in total. The van der Waals surface area contributed by atoms with E-state index in [1.54, 1.807) is 0 Å². The number of para-hydroxylation sites is 1. The Bertz CT molecular complexity index is 1240. The van der Waals surface area contributed by atoms with Crippen LogP contribution in [0.5, 0.6) is 0 Å². The van der Waals surface area contributed by atoms with E-state index in [9.17, 15) is 0 Å². The molecule has 0 saturated carbocycles. The van der Waals surface area contributed by atoms with Crippen LogP contribution in [0.25, 0.3) is 32.7 Å². The fourth-order valence-electron chi connectivity index (χ4n) is 3.74. The van der Waals surface area contributed by atoms with E-state index in [2.05, 4.69) is 96.3 Å². The van der Waals surface area contributed by atoms with Gasteiger partial charge in [-0.1, -0.05) is 84.9 Å². The second kappa shape index (κ2) is 6.62. The Labute approximate surface area is 158 Å². The summed E-state index contributed by atoms with van der Waals surface area (Å²) in [5.41, 5.74) is 4.67. The van der Waals surface area contributed by atoms with Crippen molar-refractivity contribution in [3.8, 4) is 11.1 Å². The van der Waals surface area contributed by atoms with Crippen molar-refractivity contribution in [1.29, 1.82) is 0 Å². The van der Waals surface area contributed by atoms with E-state index in [1.165, 1.54) is 32.7 Å². The van der Waals surface area contributed by atoms with Crippen molar-refractivity contribution in [2.45, 2.75) is 0 Å². The van der Waals surface area contributed by atoms with E-state index in [0.717, 1.165) is 11.4 Å². The second-order valence-corrected chi connectivity index (χ2v) is 6.76. The van der Waals surface area contributed by atoms with Crippen molar-refractivity contribution in [2.75, 3.05) is 5.32 Å². The largest absolute Gasteiger partial charge is 0.356 e. The van der Waals surface area contributed by atoms with Gasteiger partial charge in [-0.3, -0.25) is 0 Å². The molecule has 27 heavy (non-hydrogen) atoms. The van der Waals surface area contributed by atoms with Crippen LogP contribution in [0.4, 0.5) is 11.4 Å². The van der Waals surface area contributed by atoms with E-state index < -0.39 is 0 Å². The first-order valence-corrected chi connectivity index (χ1v) is 9.21. The standard InChI is InChI=1S/C26H19N/c1-2-10-21(11-3-1)27-22-12-6-9-20(18-22)24-14-7-15-25-23-13-5-4-8-19(23)16-17-26(24)25/h1-18,27H. The number of anilines is 2. The van der Waals surface area contributed by atoms with Crippen LogP contribution in [0.3, 0.4) is 0 Å². The average molecular weight is 345 g/mol. The summed E-state index contributed by atoms with van der Waals surface area (Å²) in [5.74, 6) is 0. The maximum absolute atomic E-state index is 3.49. The molecule has 128 valence electrons. The van der Waals surface area contributed by atoms with Crippen LogP contribution < -0.4 is 5.32 Å². The van der Waals surface area contributed by atoms with Crippen molar-refractivity contribution in [3.63, 3.8) is 0 Å². The average Bonchev–Trinajstić information content (AvgIpc) is 2.74. The number of benzene rings is 5. The van der Waals surface area contributed by atoms with Gasteiger partial charge in [0, 0.05) is 11.4 Å². The highest BCUT2D eigenvalue weighted by Gasteiger charge is 2.07. The minimum atomic E-state index is 1.09. The van der Waals surface area contributed by atoms with Gasteiger partial charge in [-0.05, 0) is 56.9 Å². The van der Waals surface area contributed by atoms with Crippen molar-refractivity contribution >= 4 is 32.9 Å². The summed E-state index contributed by atoms with van der Waals surface area (Å²) in [6.07, 6.45) is 0. The van der Waals surface area contributed by atoms with Crippen LogP contribution in [0, 0.1) is 0 Å². The van der Waals surface area contributed by atoms with Gasteiger partial charge in [0.1, 0.15) is 0 Å². The fraction of sp³-hybridized carbons (Fsp3) is 0. The second-order valence-electron chi connectivity index (χ2n) is 6.76. The number of rotatable bonds is 3. The van der Waals surface area contributed by atoms with E-state index in [4.69, 9.17) is 0 Å². The van der Waals surface area contributed by atoms with Gasteiger partial charge < -0.3 is 5.32 Å². The third-order valence-electron chi connectivity index (χ3n) is 5.02. The van der Waals surface area contributed by atoms with Gasteiger partial charge in [-0.2, -0.15) is 0 Å². The van der Waals surface area contributed by atoms with Crippen LogP contribution in [0.15, 0.2) is 109 Å². The minimum absolute atomic E-state index is 1.09. The molecule has 0 bridgehead atoms. The van der Waals surface area contributed by atoms with Crippen molar-refractivity contribution in [2.24, 2.45) is 0 Å². The first-order chi connectivity index (χ1) is 13.4. The smallest absolute Gasteiger partial charge is 0.0390 e. The van der Waals surface area contributed by atoms with Crippen molar-refractivity contribution in [3.05, 3.63) is 109 Å². The Morgan fingerprint density at radius 2 is 1.19 bits per heavy atom. The zero-order valence-corrected chi connectivity index (χ0v) is 14.9. The predicted octanol–water partition coefficient (Wildman–Crippen LogP) is 7.40. The lowest BCUT2D eigenvalue weighted by molar-refractivity contribution is 1.55. The van der Waals surface area contributed by atoms with Gasteiger partial charge in [0.05, 0.1) is 0 Å². The third-order valence-corrected chi connectivity index (χ3v) is 5.02. The molecule has 0 spiro atoms. The van der Waals surface area contributed by atoms with Gasteiger partial charge in [0.15, 0.2) is 0 Å². The molecule has 0 amide bonds. The Morgan fingerprint density at radius 3 is 2.11 bits per heavy atom. The molecule has 5 aromatic rings. The van der Waals surface area contributed by atoms with Crippen LogP contribution in [0.1, 0.15) is 0 Å². The summed E-state index contributed by atoms with van der Waals surface area (Å²) in [5, 5.41) is 8.66. The molecule has 0 unspecified atom stereocenters. The Kier molecular flexibility index (Phi) is 3.84. The van der Waals surface area contributed by atoms with Crippen LogP contribution in [-0.2, 0) is 0 Å². The lowest BCUT2D eigenvalue weighted by Crippen LogP contribution is -1.90. The normalized spacial score (nSPS) is 11.0. The number of hydrogen-bond donors (Lipinski definition) is 1. The maximum Gasteiger partial charge on any atom is 0.0390 e. The number of nitrogens with one attached hydrogen (secondary N) is 1.